The van der Waals surface area contributed by atoms with Gasteiger partial charge in [0.15, 0.2) is 11.5 Å². The van der Waals surface area contributed by atoms with Gasteiger partial charge < -0.3 is 14.4 Å². The van der Waals surface area contributed by atoms with Crippen LogP contribution in [0.1, 0.15) is 41.5 Å². The fraction of sp³-hybridized carbons (Fsp3) is 0.526. The summed E-state index contributed by atoms with van der Waals surface area (Å²) in [6.45, 7) is 2.94. The number of rotatable bonds is 6. The Morgan fingerprint density at radius 3 is 2.67 bits per heavy atom. The molecule has 3 rings (SSSR count). The Kier molecular flexibility index (Phi) is 6.15. The van der Waals surface area contributed by atoms with Crippen LogP contribution in [0.15, 0.2) is 24.7 Å². The first-order valence-electron chi connectivity index (χ1n) is 9.21. The van der Waals surface area contributed by atoms with Crippen LogP contribution in [-0.4, -0.2) is 64.0 Å². The zero-order valence-electron chi connectivity index (χ0n) is 15.7. The number of carbonyl (C=O) groups excluding carboxylic acids is 1. The third kappa shape index (κ3) is 4.68. The number of hydrogen-bond acceptors (Lipinski definition) is 4. The average molecular weight is 377 g/mol. The van der Waals surface area contributed by atoms with Gasteiger partial charge in [-0.3, -0.25) is 4.79 Å². The number of halogens is 2. The quantitative estimate of drug-likeness (QED) is 0.776. The number of likely N-dealkylation sites (tertiary alicyclic amines) is 1. The second-order valence-corrected chi connectivity index (χ2v) is 7.19. The molecule has 0 unspecified atom stereocenters. The lowest BCUT2D eigenvalue weighted by Crippen LogP contribution is -2.39. The van der Waals surface area contributed by atoms with Crippen molar-refractivity contribution in [2.45, 2.75) is 31.7 Å². The molecule has 8 heteroatoms. The van der Waals surface area contributed by atoms with Crippen LogP contribution in [0.25, 0.3) is 0 Å². The normalized spacial score (nSPS) is 15.5. The minimum atomic E-state index is -0.918. The van der Waals surface area contributed by atoms with Crippen molar-refractivity contribution in [3.8, 4) is 0 Å². The van der Waals surface area contributed by atoms with Gasteiger partial charge in [0.05, 0.1) is 6.20 Å². The highest BCUT2D eigenvalue weighted by atomic mass is 19.1. The van der Waals surface area contributed by atoms with Gasteiger partial charge in [-0.1, -0.05) is 0 Å². The Bertz CT molecular complexity index is 784. The standard InChI is InChI=1S/C19H25F2N5O/c1-24(2)7-3-8-25-11-6-22-18(25)14-4-9-26(10-5-14)19(27)17-16(21)12-15(20)13-23-17/h6,11-14H,3-5,7-10H2,1-2H3. The van der Waals surface area contributed by atoms with Gasteiger partial charge in [0, 0.05) is 44.0 Å². The van der Waals surface area contributed by atoms with Crippen molar-refractivity contribution in [2.24, 2.45) is 0 Å². The van der Waals surface area contributed by atoms with E-state index in [0.717, 1.165) is 44.4 Å². The van der Waals surface area contributed by atoms with Crippen LogP contribution in [0.5, 0.6) is 0 Å². The van der Waals surface area contributed by atoms with Crippen molar-refractivity contribution in [3.63, 3.8) is 0 Å². The highest BCUT2D eigenvalue weighted by molar-refractivity contribution is 5.92. The summed E-state index contributed by atoms with van der Waals surface area (Å²) in [7, 11) is 4.11. The molecule has 0 radical (unpaired) electrons. The molecule has 2 aromatic rings. The minimum Gasteiger partial charge on any atom is -0.337 e. The van der Waals surface area contributed by atoms with Crippen LogP contribution in [0.3, 0.4) is 0 Å². The minimum absolute atomic E-state index is 0.273. The molecule has 1 amide bonds. The van der Waals surface area contributed by atoms with Gasteiger partial charge in [0.25, 0.3) is 5.91 Å². The monoisotopic (exact) mass is 377 g/mol. The van der Waals surface area contributed by atoms with Crippen molar-refractivity contribution in [1.29, 1.82) is 0 Å². The number of amides is 1. The Hall–Kier alpha value is -2.35. The third-order valence-corrected chi connectivity index (χ3v) is 4.91. The molecule has 2 aromatic heterocycles. The third-order valence-electron chi connectivity index (χ3n) is 4.91. The second kappa shape index (κ2) is 8.56. The second-order valence-electron chi connectivity index (χ2n) is 7.19. The number of nitrogens with zero attached hydrogens (tertiary/aromatic N) is 5. The highest BCUT2D eigenvalue weighted by Gasteiger charge is 2.28. The summed E-state index contributed by atoms with van der Waals surface area (Å²) in [5.74, 6) is -0.871. The van der Waals surface area contributed by atoms with Crippen LogP contribution in [0, 0.1) is 11.6 Å². The fourth-order valence-corrected chi connectivity index (χ4v) is 3.49. The molecule has 27 heavy (non-hydrogen) atoms. The van der Waals surface area contributed by atoms with E-state index >= 15 is 0 Å². The molecule has 0 N–H and O–H groups in total. The van der Waals surface area contributed by atoms with Crippen molar-refractivity contribution >= 4 is 5.91 Å². The number of imidazole rings is 1. The van der Waals surface area contributed by atoms with Crippen LogP contribution >= 0.6 is 0 Å². The van der Waals surface area contributed by atoms with E-state index in [0.29, 0.717) is 19.2 Å². The van der Waals surface area contributed by atoms with E-state index in [1.807, 2.05) is 12.4 Å². The zero-order chi connectivity index (χ0) is 19.4. The molecule has 146 valence electrons. The summed E-state index contributed by atoms with van der Waals surface area (Å²) >= 11 is 0. The lowest BCUT2D eigenvalue weighted by molar-refractivity contribution is 0.0699. The highest BCUT2D eigenvalue weighted by Crippen LogP contribution is 2.28. The Morgan fingerprint density at radius 2 is 2.00 bits per heavy atom. The van der Waals surface area contributed by atoms with Crippen LogP contribution in [0.4, 0.5) is 8.78 Å². The number of hydrogen-bond donors (Lipinski definition) is 0. The fourth-order valence-electron chi connectivity index (χ4n) is 3.49. The molecular weight excluding hydrogens is 352 g/mol. The van der Waals surface area contributed by atoms with Crippen LogP contribution in [0.2, 0.25) is 0 Å². The molecule has 0 bridgehead atoms. The van der Waals surface area contributed by atoms with E-state index in [1.165, 1.54) is 0 Å². The molecule has 1 aliphatic rings. The van der Waals surface area contributed by atoms with Crippen LogP contribution in [-0.2, 0) is 6.54 Å². The van der Waals surface area contributed by atoms with Gasteiger partial charge in [-0.25, -0.2) is 18.7 Å². The Morgan fingerprint density at radius 1 is 1.26 bits per heavy atom. The molecule has 1 saturated heterocycles. The average Bonchev–Trinajstić information content (AvgIpc) is 3.09. The molecule has 0 spiro atoms. The predicted molar refractivity (Wildman–Crippen MR) is 97.4 cm³/mol. The van der Waals surface area contributed by atoms with Gasteiger partial charge in [-0.15, -0.1) is 0 Å². The van der Waals surface area contributed by atoms with Gasteiger partial charge in [0.1, 0.15) is 11.6 Å². The lowest BCUT2D eigenvalue weighted by Gasteiger charge is -2.31. The molecule has 1 aliphatic heterocycles. The summed E-state index contributed by atoms with van der Waals surface area (Å²) in [5.41, 5.74) is -0.319. The summed E-state index contributed by atoms with van der Waals surface area (Å²) in [4.78, 5) is 24.4. The topological polar surface area (TPSA) is 54.3 Å². The van der Waals surface area contributed by atoms with E-state index < -0.39 is 17.5 Å². The first-order valence-corrected chi connectivity index (χ1v) is 9.21. The molecule has 6 nitrogen and oxygen atoms in total. The number of pyridine rings is 1. The Balaban J connectivity index is 1.59. The summed E-state index contributed by atoms with van der Waals surface area (Å²) in [6, 6.07) is 0.692. The SMILES string of the molecule is CN(C)CCCn1ccnc1C1CCN(C(=O)c2ncc(F)cc2F)CC1. The van der Waals surface area contributed by atoms with Gasteiger partial charge in [-0.05, 0) is 39.9 Å². The lowest BCUT2D eigenvalue weighted by atomic mass is 9.95. The predicted octanol–water partition coefficient (Wildman–Crippen LogP) is 2.53. The number of aromatic nitrogens is 3. The number of piperidine rings is 1. The van der Waals surface area contributed by atoms with Crippen molar-refractivity contribution in [1.82, 2.24) is 24.3 Å². The van der Waals surface area contributed by atoms with E-state index in [9.17, 15) is 13.6 Å². The van der Waals surface area contributed by atoms with Gasteiger partial charge >= 0.3 is 0 Å². The molecule has 3 heterocycles. The molecule has 0 saturated carbocycles. The maximum absolute atomic E-state index is 13.8. The number of carbonyl (C=O) groups is 1. The molecule has 0 aliphatic carbocycles. The number of aryl methyl sites for hydroxylation is 1. The summed E-state index contributed by atoms with van der Waals surface area (Å²) in [5, 5.41) is 0. The molecule has 0 atom stereocenters. The van der Waals surface area contributed by atoms with E-state index in [4.69, 9.17) is 0 Å². The van der Waals surface area contributed by atoms with Gasteiger partial charge in [-0.2, -0.15) is 0 Å². The maximum atomic E-state index is 13.8. The van der Waals surface area contributed by atoms with E-state index in [1.54, 1.807) is 4.90 Å². The maximum Gasteiger partial charge on any atom is 0.275 e. The van der Waals surface area contributed by atoms with Crippen molar-refractivity contribution in [2.75, 3.05) is 33.7 Å². The Labute approximate surface area is 157 Å². The van der Waals surface area contributed by atoms with Gasteiger partial charge in [0.2, 0.25) is 0 Å². The zero-order valence-corrected chi connectivity index (χ0v) is 15.7. The van der Waals surface area contributed by atoms with E-state index in [-0.39, 0.29) is 11.6 Å². The first-order chi connectivity index (χ1) is 13.0. The first kappa shape index (κ1) is 19.4. The van der Waals surface area contributed by atoms with Crippen molar-refractivity contribution < 1.29 is 13.6 Å². The molecular formula is C19H25F2N5O. The molecule has 0 aromatic carbocycles. The molecule has 1 fully saturated rings. The van der Waals surface area contributed by atoms with Crippen molar-refractivity contribution in [3.05, 3.63) is 47.8 Å². The van der Waals surface area contributed by atoms with E-state index in [2.05, 4.69) is 33.5 Å². The van der Waals surface area contributed by atoms with Crippen LogP contribution < -0.4 is 0 Å². The summed E-state index contributed by atoms with van der Waals surface area (Å²) < 4.78 is 29.0. The largest absolute Gasteiger partial charge is 0.337 e. The smallest absolute Gasteiger partial charge is 0.275 e. The summed E-state index contributed by atoms with van der Waals surface area (Å²) in [6.07, 6.45) is 7.26.